The number of benzene rings is 2. The number of amides is 1. The van der Waals surface area contributed by atoms with Gasteiger partial charge < -0.3 is 35.1 Å². The summed E-state index contributed by atoms with van der Waals surface area (Å²) >= 11 is 13.2. The molecular weight excluding hydrogens is 617 g/mol. The number of nitrogens with zero attached hydrogens (tertiary/aromatic N) is 4. The van der Waals surface area contributed by atoms with Crippen molar-refractivity contribution in [1.29, 1.82) is 0 Å². The maximum absolute atomic E-state index is 12.3. The average molecular weight is 653 g/mol. The molecule has 45 heavy (non-hydrogen) atoms. The van der Waals surface area contributed by atoms with Crippen molar-refractivity contribution in [2.24, 2.45) is 0 Å². The van der Waals surface area contributed by atoms with Gasteiger partial charge in [0.05, 0.1) is 37.0 Å². The Hall–Kier alpha value is -4.58. The molecule has 0 fully saturated rings. The molecule has 0 spiro atoms. The minimum absolute atomic E-state index is 0.263. The van der Waals surface area contributed by atoms with Gasteiger partial charge in [-0.15, -0.1) is 0 Å². The van der Waals surface area contributed by atoms with Crippen LogP contribution in [-0.2, 0) is 4.79 Å². The van der Waals surface area contributed by atoms with Crippen molar-refractivity contribution >= 4 is 57.8 Å². The Kier molecular flexibility index (Phi) is 11.8. The van der Waals surface area contributed by atoms with E-state index in [0.717, 1.165) is 19.6 Å². The maximum atomic E-state index is 12.3. The van der Waals surface area contributed by atoms with E-state index in [9.17, 15) is 4.79 Å². The van der Waals surface area contributed by atoms with Crippen LogP contribution in [0.1, 0.15) is 13.8 Å². The van der Waals surface area contributed by atoms with E-state index in [4.69, 9.17) is 37.4 Å². The smallest absolute Gasteiger partial charge is 0.247 e. The van der Waals surface area contributed by atoms with Crippen molar-refractivity contribution in [2.45, 2.75) is 13.8 Å². The molecule has 0 aliphatic heterocycles. The predicted molar refractivity (Wildman–Crippen MR) is 180 cm³/mol. The van der Waals surface area contributed by atoms with Crippen molar-refractivity contribution in [2.75, 3.05) is 56.4 Å². The normalized spacial score (nSPS) is 10.7. The molecule has 2 heterocycles. The van der Waals surface area contributed by atoms with Crippen LogP contribution in [0.25, 0.3) is 11.3 Å². The summed E-state index contributed by atoms with van der Waals surface area (Å²) in [5.41, 5.74) is 2.66. The fourth-order valence-corrected chi connectivity index (χ4v) is 4.97. The highest BCUT2D eigenvalue weighted by Gasteiger charge is 2.20. The number of carbonyl (C=O) groups is 1. The quantitative estimate of drug-likeness (QED) is 0.114. The first-order valence-corrected chi connectivity index (χ1v) is 14.9. The molecule has 0 saturated heterocycles. The van der Waals surface area contributed by atoms with Crippen molar-refractivity contribution in [1.82, 2.24) is 19.9 Å². The molecule has 4 rings (SSSR count). The Morgan fingerprint density at radius 3 is 2.36 bits per heavy atom. The van der Waals surface area contributed by atoms with Crippen molar-refractivity contribution < 1.29 is 19.0 Å². The van der Waals surface area contributed by atoms with Gasteiger partial charge in [0.15, 0.2) is 0 Å². The van der Waals surface area contributed by atoms with Crippen LogP contribution in [0, 0.1) is 0 Å². The van der Waals surface area contributed by atoms with E-state index in [1.54, 1.807) is 30.5 Å². The molecular formula is C32H35Cl2N7O4. The number of anilines is 5. The molecule has 2 aromatic carbocycles. The Bertz CT molecular complexity index is 1620. The molecule has 13 heteroatoms. The molecule has 0 unspecified atom stereocenters. The summed E-state index contributed by atoms with van der Waals surface area (Å²) in [5, 5.41) is 9.84. The van der Waals surface area contributed by atoms with Gasteiger partial charge in [-0.05, 0) is 43.4 Å². The molecule has 4 aromatic rings. The highest BCUT2D eigenvalue weighted by molar-refractivity contribution is 6.41. The summed E-state index contributed by atoms with van der Waals surface area (Å²) in [7, 11) is 3.00. The summed E-state index contributed by atoms with van der Waals surface area (Å²) in [5.74, 6) is 1.93. The van der Waals surface area contributed by atoms with Gasteiger partial charge in [0.2, 0.25) is 5.91 Å². The molecule has 236 valence electrons. The Balaban J connectivity index is 1.62. The minimum atomic E-state index is -0.362. The number of halogens is 2. The predicted octanol–water partition coefficient (Wildman–Crippen LogP) is 7.19. The Morgan fingerprint density at radius 1 is 0.956 bits per heavy atom. The lowest BCUT2D eigenvalue weighted by molar-refractivity contribution is -0.111. The number of hydrogen-bond donors (Lipinski definition) is 3. The van der Waals surface area contributed by atoms with Crippen LogP contribution in [-0.4, -0.2) is 66.2 Å². The minimum Gasteiger partial charge on any atom is -0.495 e. The number of hydrogen-bond acceptors (Lipinski definition) is 10. The average Bonchev–Trinajstić information content (AvgIpc) is 3.06. The van der Waals surface area contributed by atoms with Crippen LogP contribution in [0.5, 0.6) is 17.2 Å². The molecule has 0 aliphatic rings. The number of nitrogens with one attached hydrogen (secondary N) is 3. The molecule has 0 radical (unpaired) electrons. The van der Waals surface area contributed by atoms with Crippen LogP contribution < -0.4 is 30.2 Å². The molecule has 0 bridgehead atoms. The van der Waals surface area contributed by atoms with E-state index in [1.165, 1.54) is 26.6 Å². The van der Waals surface area contributed by atoms with Crippen LogP contribution in [0.15, 0.2) is 67.6 Å². The van der Waals surface area contributed by atoms with Gasteiger partial charge in [-0.2, -0.15) is 0 Å². The topological polar surface area (TPSA) is 123 Å². The van der Waals surface area contributed by atoms with Gasteiger partial charge in [-0.25, -0.2) is 15.0 Å². The number of aromatic nitrogens is 3. The fourth-order valence-electron chi connectivity index (χ4n) is 4.38. The van der Waals surface area contributed by atoms with E-state index in [1.807, 2.05) is 18.2 Å². The Labute approximate surface area is 272 Å². The third-order valence-corrected chi connectivity index (χ3v) is 7.59. The van der Waals surface area contributed by atoms with Crippen LogP contribution in [0.2, 0.25) is 10.0 Å². The molecule has 2 aromatic heterocycles. The zero-order valence-electron chi connectivity index (χ0n) is 25.5. The van der Waals surface area contributed by atoms with Crippen molar-refractivity contribution in [3.8, 4) is 28.5 Å². The zero-order chi connectivity index (χ0) is 32.3. The van der Waals surface area contributed by atoms with Gasteiger partial charge in [0.1, 0.15) is 51.9 Å². The van der Waals surface area contributed by atoms with Crippen LogP contribution in [0.3, 0.4) is 0 Å². The van der Waals surface area contributed by atoms with Gasteiger partial charge in [-0.3, -0.25) is 4.79 Å². The number of rotatable bonds is 15. The van der Waals surface area contributed by atoms with Crippen LogP contribution >= 0.6 is 23.2 Å². The van der Waals surface area contributed by atoms with E-state index < -0.39 is 0 Å². The van der Waals surface area contributed by atoms with Crippen molar-refractivity contribution in [3.05, 3.63) is 77.7 Å². The maximum Gasteiger partial charge on any atom is 0.247 e. The van der Waals surface area contributed by atoms with E-state index in [2.05, 4.69) is 56.2 Å². The number of likely N-dealkylation sites (N-methyl/N-ethyl adjacent to an activating group) is 1. The highest BCUT2D eigenvalue weighted by atomic mass is 35.5. The lowest BCUT2D eigenvalue weighted by atomic mass is 10.1. The first-order chi connectivity index (χ1) is 21.8. The second-order valence-corrected chi connectivity index (χ2v) is 10.3. The van der Waals surface area contributed by atoms with Crippen LogP contribution in [0.4, 0.5) is 28.7 Å². The highest BCUT2D eigenvalue weighted by Crippen LogP contribution is 2.45. The molecule has 0 aliphatic carbocycles. The summed E-state index contributed by atoms with van der Waals surface area (Å²) in [6.07, 6.45) is 4.26. The van der Waals surface area contributed by atoms with E-state index in [-0.39, 0.29) is 16.0 Å². The summed E-state index contributed by atoms with van der Waals surface area (Å²) < 4.78 is 16.8. The fraction of sp³-hybridized carbons (Fsp3) is 0.250. The molecule has 0 atom stereocenters. The molecule has 1 amide bonds. The summed E-state index contributed by atoms with van der Waals surface area (Å²) in [6, 6.07) is 12.4. The third-order valence-electron chi connectivity index (χ3n) is 6.84. The first-order valence-electron chi connectivity index (χ1n) is 14.2. The lowest BCUT2D eigenvalue weighted by Gasteiger charge is -2.19. The molecule has 11 nitrogen and oxygen atoms in total. The van der Waals surface area contributed by atoms with Gasteiger partial charge in [-0.1, -0.05) is 43.6 Å². The lowest BCUT2D eigenvalue weighted by Crippen LogP contribution is -2.27. The second-order valence-electron chi connectivity index (χ2n) is 9.50. The first kappa shape index (κ1) is 33.3. The third kappa shape index (κ3) is 8.33. The summed E-state index contributed by atoms with van der Waals surface area (Å²) in [4.78, 5) is 27.9. The van der Waals surface area contributed by atoms with Gasteiger partial charge in [0, 0.05) is 36.5 Å². The zero-order valence-corrected chi connectivity index (χ0v) is 27.0. The number of carbonyl (C=O) groups excluding carboxylic acids is 1. The molecule has 0 saturated carbocycles. The summed E-state index contributed by atoms with van der Waals surface area (Å²) in [6.45, 7) is 11.0. The van der Waals surface area contributed by atoms with Gasteiger partial charge in [0.25, 0.3) is 0 Å². The number of ether oxygens (including phenoxy) is 3. The van der Waals surface area contributed by atoms with E-state index >= 15 is 0 Å². The van der Waals surface area contributed by atoms with Gasteiger partial charge >= 0.3 is 0 Å². The van der Waals surface area contributed by atoms with E-state index in [0.29, 0.717) is 63.8 Å². The number of methoxy groups -OCH3 is 2. The monoisotopic (exact) mass is 651 g/mol. The second kappa shape index (κ2) is 15.9. The van der Waals surface area contributed by atoms with Crippen molar-refractivity contribution in [3.63, 3.8) is 0 Å². The SMILES string of the molecule is C=CC(=O)Nc1cc(OCCN(CC)CC)ccc1Nc1cc(-c2cccnc2Nc2c(Cl)c(OC)cc(OC)c2Cl)ncn1. The molecule has 3 N–H and O–H groups in total. The Morgan fingerprint density at radius 2 is 1.69 bits per heavy atom. The number of pyridine rings is 1. The standard InChI is InChI=1S/C32H35Cl2N7O4/c1-6-28(42)39-24-16-20(45-15-14-41(7-2)8-3)11-12-22(24)38-27-17-23(36-19-37-27)21-10-9-13-35-32(21)40-31-29(33)25(43-4)18-26(44-5)30(31)34/h6,9-13,16-19H,1,7-8,14-15H2,2-5H3,(H,35,40)(H,39,42)(H,36,37,38). The largest absolute Gasteiger partial charge is 0.495 e.